The molecule has 16 heavy (non-hydrogen) atoms. The molecule has 0 aromatic rings. The van der Waals surface area contributed by atoms with E-state index >= 15 is 0 Å². The van der Waals surface area contributed by atoms with Crippen molar-refractivity contribution in [2.45, 2.75) is 62.9 Å². The van der Waals surface area contributed by atoms with Crippen LogP contribution in [0.25, 0.3) is 0 Å². The summed E-state index contributed by atoms with van der Waals surface area (Å²) in [6, 6.07) is 0. The zero-order valence-electron chi connectivity index (χ0n) is 10.2. The second kappa shape index (κ2) is 7.05. The minimum Gasteiger partial charge on any atom is -0.466 e. The average Bonchev–Trinajstić information content (AvgIpc) is 2.29. The third kappa shape index (κ3) is 4.24. The standard InChI is InChI=1S/C12H22O3S/c1-3-15-12(13)9-10(2)16(14)11-7-5-4-6-8-11/h10-11H,3-9H2,1-2H3. The van der Waals surface area contributed by atoms with Crippen LogP contribution in [0, 0.1) is 0 Å². The number of rotatable bonds is 5. The van der Waals surface area contributed by atoms with Crippen molar-refractivity contribution in [3.05, 3.63) is 0 Å². The number of hydrogen-bond acceptors (Lipinski definition) is 3. The summed E-state index contributed by atoms with van der Waals surface area (Å²) in [4.78, 5) is 11.3. The Morgan fingerprint density at radius 1 is 1.38 bits per heavy atom. The summed E-state index contributed by atoms with van der Waals surface area (Å²) in [6.45, 7) is 4.09. The predicted molar refractivity (Wildman–Crippen MR) is 65.7 cm³/mol. The summed E-state index contributed by atoms with van der Waals surface area (Å²) in [5, 5.41) is 0.236. The molecule has 4 heteroatoms. The molecular weight excluding hydrogens is 224 g/mol. The van der Waals surface area contributed by atoms with E-state index in [0.717, 1.165) is 12.8 Å². The molecule has 0 bridgehead atoms. The van der Waals surface area contributed by atoms with Crippen molar-refractivity contribution in [2.24, 2.45) is 0 Å². The van der Waals surface area contributed by atoms with Gasteiger partial charge >= 0.3 is 5.97 Å². The molecule has 0 spiro atoms. The molecule has 2 unspecified atom stereocenters. The van der Waals surface area contributed by atoms with E-state index in [2.05, 4.69) is 0 Å². The van der Waals surface area contributed by atoms with Gasteiger partial charge in [0.2, 0.25) is 0 Å². The van der Waals surface area contributed by atoms with Crippen molar-refractivity contribution in [2.75, 3.05) is 6.61 Å². The van der Waals surface area contributed by atoms with Crippen LogP contribution in [0.5, 0.6) is 0 Å². The molecule has 94 valence electrons. The molecule has 0 radical (unpaired) electrons. The van der Waals surface area contributed by atoms with Gasteiger partial charge in [0.05, 0.1) is 13.0 Å². The SMILES string of the molecule is CCOC(=O)CC(C)S(=O)C1CCCCC1. The van der Waals surface area contributed by atoms with Crippen LogP contribution in [0.15, 0.2) is 0 Å². The van der Waals surface area contributed by atoms with Crippen LogP contribution in [-0.2, 0) is 20.3 Å². The van der Waals surface area contributed by atoms with E-state index in [0.29, 0.717) is 11.9 Å². The van der Waals surface area contributed by atoms with Crippen molar-refractivity contribution < 1.29 is 13.7 Å². The Labute approximate surface area is 100 Å². The molecule has 0 aromatic carbocycles. The first-order valence-electron chi connectivity index (χ1n) is 6.20. The van der Waals surface area contributed by atoms with Gasteiger partial charge in [0.15, 0.2) is 0 Å². The lowest BCUT2D eigenvalue weighted by molar-refractivity contribution is -0.143. The zero-order valence-corrected chi connectivity index (χ0v) is 11.1. The van der Waals surface area contributed by atoms with Crippen LogP contribution in [0.3, 0.4) is 0 Å². The van der Waals surface area contributed by atoms with E-state index < -0.39 is 10.8 Å². The lowest BCUT2D eigenvalue weighted by atomic mass is 10.0. The number of carbonyl (C=O) groups is 1. The molecule has 0 aliphatic heterocycles. The van der Waals surface area contributed by atoms with E-state index in [1.54, 1.807) is 6.92 Å². The maximum atomic E-state index is 12.1. The fraction of sp³-hybridized carbons (Fsp3) is 0.917. The van der Waals surface area contributed by atoms with E-state index in [1.807, 2.05) is 6.92 Å². The second-order valence-corrected chi connectivity index (χ2v) is 6.54. The van der Waals surface area contributed by atoms with Gasteiger partial charge in [-0.15, -0.1) is 0 Å². The van der Waals surface area contributed by atoms with Gasteiger partial charge in [-0.3, -0.25) is 9.00 Å². The molecule has 1 aliphatic carbocycles. The van der Waals surface area contributed by atoms with Crippen molar-refractivity contribution in [3.63, 3.8) is 0 Å². The average molecular weight is 246 g/mol. The van der Waals surface area contributed by atoms with Crippen LogP contribution < -0.4 is 0 Å². The molecule has 1 aliphatic rings. The molecular formula is C12H22O3S. The van der Waals surface area contributed by atoms with Crippen LogP contribution in [0.2, 0.25) is 0 Å². The van der Waals surface area contributed by atoms with E-state index in [-0.39, 0.29) is 17.6 Å². The highest BCUT2D eigenvalue weighted by molar-refractivity contribution is 7.86. The number of carbonyl (C=O) groups excluding carboxylic acids is 1. The van der Waals surface area contributed by atoms with Gasteiger partial charge in [-0.05, 0) is 19.8 Å². The van der Waals surface area contributed by atoms with Crippen molar-refractivity contribution >= 4 is 16.8 Å². The molecule has 1 rings (SSSR count). The minimum absolute atomic E-state index is 0.0675. The maximum Gasteiger partial charge on any atom is 0.306 e. The Hall–Kier alpha value is -0.380. The molecule has 0 amide bonds. The number of ether oxygens (including phenoxy) is 1. The Morgan fingerprint density at radius 2 is 2.00 bits per heavy atom. The highest BCUT2D eigenvalue weighted by atomic mass is 32.2. The third-order valence-electron chi connectivity index (χ3n) is 3.04. The van der Waals surface area contributed by atoms with Crippen LogP contribution in [0.1, 0.15) is 52.4 Å². The molecule has 2 atom stereocenters. The van der Waals surface area contributed by atoms with Gasteiger partial charge in [-0.25, -0.2) is 0 Å². The third-order valence-corrected chi connectivity index (χ3v) is 5.13. The first kappa shape index (κ1) is 13.7. The van der Waals surface area contributed by atoms with Crippen molar-refractivity contribution in [1.82, 2.24) is 0 Å². The van der Waals surface area contributed by atoms with Gasteiger partial charge in [-0.1, -0.05) is 26.2 Å². The molecule has 1 fully saturated rings. The smallest absolute Gasteiger partial charge is 0.306 e. The highest BCUT2D eigenvalue weighted by Gasteiger charge is 2.25. The summed E-state index contributed by atoms with van der Waals surface area (Å²) >= 11 is 0. The van der Waals surface area contributed by atoms with Gasteiger partial charge in [0, 0.05) is 21.3 Å². The first-order valence-corrected chi connectivity index (χ1v) is 7.47. The van der Waals surface area contributed by atoms with Crippen LogP contribution in [-0.4, -0.2) is 27.3 Å². The van der Waals surface area contributed by atoms with Crippen molar-refractivity contribution in [3.8, 4) is 0 Å². The monoisotopic (exact) mass is 246 g/mol. The molecule has 3 nitrogen and oxygen atoms in total. The molecule has 1 saturated carbocycles. The Bertz CT molecular complexity index is 247. The Kier molecular flexibility index (Phi) is 6.03. The normalized spacial score (nSPS) is 21.4. The summed E-state index contributed by atoms with van der Waals surface area (Å²) in [5.41, 5.74) is 0. The predicted octanol–water partition coefficient (Wildman–Crippen LogP) is 2.41. The summed E-state index contributed by atoms with van der Waals surface area (Å²) in [7, 11) is -0.876. The lowest BCUT2D eigenvalue weighted by Gasteiger charge is -2.23. The quantitative estimate of drug-likeness (QED) is 0.700. The largest absolute Gasteiger partial charge is 0.466 e. The highest BCUT2D eigenvalue weighted by Crippen LogP contribution is 2.24. The summed E-state index contributed by atoms with van der Waals surface area (Å²) in [5.74, 6) is -0.223. The van der Waals surface area contributed by atoms with E-state index in [1.165, 1.54) is 19.3 Å². The topological polar surface area (TPSA) is 43.4 Å². The van der Waals surface area contributed by atoms with E-state index in [4.69, 9.17) is 4.74 Å². The first-order chi connectivity index (χ1) is 7.65. The fourth-order valence-electron chi connectivity index (χ4n) is 2.16. The number of esters is 1. The lowest BCUT2D eigenvalue weighted by Crippen LogP contribution is -2.28. The Balaban J connectivity index is 2.37. The van der Waals surface area contributed by atoms with Gasteiger partial charge < -0.3 is 4.74 Å². The molecule has 0 heterocycles. The van der Waals surface area contributed by atoms with Gasteiger partial charge in [-0.2, -0.15) is 0 Å². The fourth-order valence-corrected chi connectivity index (χ4v) is 3.92. The molecule has 0 saturated heterocycles. The van der Waals surface area contributed by atoms with E-state index in [9.17, 15) is 9.00 Å². The zero-order chi connectivity index (χ0) is 12.0. The van der Waals surface area contributed by atoms with Crippen LogP contribution >= 0.6 is 0 Å². The number of hydrogen-bond donors (Lipinski definition) is 0. The van der Waals surface area contributed by atoms with Gasteiger partial charge in [0.1, 0.15) is 0 Å². The minimum atomic E-state index is -0.876. The summed E-state index contributed by atoms with van der Waals surface area (Å²) in [6.07, 6.45) is 6.03. The van der Waals surface area contributed by atoms with Crippen LogP contribution in [0.4, 0.5) is 0 Å². The maximum absolute atomic E-state index is 12.1. The second-order valence-electron chi connectivity index (χ2n) is 4.41. The summed E-state index contributed by atoms with van der Waals surface area (Å²) < 4.78 is 17.0. The van der Waals surface area contributed by atoms with Gasteiger partial charge in [0.25, 0.3) is 0 Å². The molecule has 0 N–H and O–H groups in total. The molecule has 0 aromatic heterocycles. The van der Waals surface area contributed by atoms with Crippen molar-refractivity contribution in [1.29, 1.82) is 0 Å². The Morgan fingerprint density at radius 3 is 2.56 bits per heavy atom.